The summed E-state index contributed by atoms with van der Waals surface area (Å²) in [6.45, 7) is 9.96. The molecule has 2 aromatic rings. The number of hydrogen-bond acceptors (Lipinski definition) is 9. The lowest BCUT2D eigenvalue weighted by molar-refractivity contribution is 0.0498. The van der Waals surface area contributed by atoms with Crippen LogP contribution in [-0.4, -0.2) is 58.9 Å². The summed E-state index contributed by atoms with van der Waals surface area (Å²) < 4.78 is 10.5. The third-order valence-electron chi connectivity index (χ3n) is 5.85. The number of pyridine rings is 1. The molecule has 0 spiro atoms. The minimum absolute atomic E-state index is 0.0442. The Morgan fingerprint density at radius 2 is 1.92 bits per heavy atom. The zero-order valence-electron chi connectivity index (χ0n) is 21.5. The van der Waals surface area contributed by atoms with Crippen LogP contribution in [0.1, 0.15) is 56.7 Å². The highest BCUT2D eigenvalue weighted by Crippen LogP contribution is 2.36. The number of carbonyl (C=O) groups is 2. The van der Waals surface area contributed by atoms with Crippen molar-refractivity contribution in [1.82, 2.24) is 20.3 Å². The molecular formula is C25H30Cl2N6O4. The van der Waals surface area contributed by atoms with E-state index in [0.29, 0.717) is 48.7 Å². The number of nitrogens with one attached hydrogen (secondary N) is 1. The maximum atomic E-state index is 12.9. The molecule has 0 atom stereocenters. The highest BCUT2D eigenvalue weighted by Gasteiger charge is 2.37. The first-order valence-corrected chi connectivity index (χ1v) is 12.6. The fourth-order valence-corrected chi connectivity index (χ4v) is 4.31. The van der Waals surface area contributed by atoms with E-state index in [1.165, 1.54) is 6.20 Å². The molecule has 0 aliphatic carbocycles. The van der Waals surface area contributed by atoms with Gasteiger partial charge in [0.15, 0.2) is 11.5 Å². The number of piperidine rings is 1. The van der Waals surface area contributed by atoms with Crippen molar-refractivity contribution >= 4 is 41.1 Å². The first-order chi connectivity index (χ1) is 17.4. The topological polar surface area (TPSA) is 130 Å². The first kappa shape index (κ1) is 28.4. The highest BCUT2D eigenvalue weighted by molar-refractivity contribution is 6.42. The molecule has 3 heterocycles. The summed E-state index contributed by atoms with van der Waals surface area (Å²) in [5, 5.41) is 13.0. The van der Waals surface area contributed by atoms with E-state index in [9.17, 15) is 14.9 Å². The molecule has 0 radical (unpaired) electrons. The zero-order chi connectivity index (χ0) is 27.4. The number of ether oxygens (including phenoxy) is 2. The lowest BCUT2D eigenvalue weighted by atomic mass is 9.79. The van der Waals surface area contributed by atoms with Gasteiger partial charge < -0.3 is 19.7 Å². The van der Waals surface area contributed by atoms with Crippen molar-refractivity contribution in [1.29, 1.82) is 5.26 Å². The number of nitrogens with zero attached hydrogens (tertiary/aromatic N) is 5. The van der Waals surface area contributed by atoms with Crippen LogP contribution in [0.3, 0.4) is 0 Å². The van der Waals surface area contributed by atoms with Crippen LogP contribution in [0.25, 0.3) is 11.3 Å². The molecule has 37 heavy (non-hydrogen) atoms. The number of hydrogen-bond donors (Lipinski definition) is 1. The second kappa shape index (κ2) is 11.5. The third-order valence-corrected chi connectivity index (χ3v) is 6.62. The van der Waals surface area contributed by atoms with Crippen LogP contribution >= 0.6 is 23.2 Å². The molecule has 12 heteroatoms. The van der Waals surface area contributed by atoms with E-state index in [2.05, 4.69) is 21.4 Å². The number of nitriles is 1. The van der Waals surface area contributed by atoms with Gasteiger partial charge in [0, 0.05) is 31.4 Å². The van der Waals surface area contributed by atoms with Crippen molar-refractivity contribution in [3.8, 4) is 17.3 Å². The molecular weight excluding hydrogens is 519 g/mol. The quantitative estimate of drug-likeness (QED) is 0.392. The second-order valence-corrected chi connectivity index (χ2v) is 10.5. The van der Waals surface area contributed by atoms with Crippen molar-refractivity contribution < 1.29 is 19.1 Å². The van der Waals surface area contributed by atoms with E-state index in [4.69, 9.17) is 37.7 Å². The minimum Gasteiger partial charge on any atom is -0.461 e. The number of rotatable bonds is 6. The number of aromatic nitrogens is 3. The molecule has 0 unspecified atom stereocenters. The fraction of sp³-hybridized carbons (Fsp3) is 0.520. The van der Waals surface area contributed by atoms with Gasteiger partial charge in [0.1, 0.15) is 10.8 Å². The predicted octanol–water partition coefficient (Wildman–Crippen LogP) is 4.97. The predicted molar refractivity (Wildman–Crippen MR) is 140 cm³/mol. The highest BCUT2D eigenvalue weighted by atomic mass is 35.5. The second-order valence-electron chi connectivity index (χ2n) is 9.75. The van der Waals surface area contributed by atoms with Crippen LogP contribution in [0.5, 0.6) is 0 Å². The summed E-state index contributed by atoms with van der Waals surface area (Å²) in [5.41, 5.74) is 0.0656. The minimum atomic E-state index is -0.777. The lowest BCUT2D eigenvalue weighted by Crippen LogP contribution is -2.47. The monoisotopic (exact) mass is 548 g/mol. The lowest BCUT2D eigenvalue weighted by Gasteiger charge is -2.38. The number of carbonyl (C=O) groups excluding carboxylic acids is 2. The SMILES string of the molecule is CCOC(=O)c1nc(-c2ccnc(Cl)c2Cl)c(C)nc1N1CCC(C#N)(CNC(=O)OC(C)(C)C)CC1. The molecule has 198 valence electrons. The Morgan fingerprint density at radius 1 is 1.24 bits per heavy atom. The van der Waals surface area contributed by atoms with Crippen molar-refractivity contribution in [2.75, 3.05) is 31.1 Å². The fourth-order valence-electron chi connectivity index (χ4n) is 3.95. The van der Waals surface area contributed by atoms with E-state index in [0.717, 1.165) is 0 Å². The third kappa shape index (κ3) is 6.79. The summed E-state index contributed by atoms with van der Waals surface area (Å²) in [5.74, 6) is -0.256. The number of esters is 1. The number of aryl methyl sites for hydroxylation is 1. The van der Waals surface area contributed by atoms with Crippen LogP contribution < -0.4 is 10.2 Å². The van der Waals surface area contributed by atoms with Crippen LogP contribution in [0.4, 0.5) is 10.6 Å². The molecule has 1 amide bonds. The van der Waals surface area contributed by atoms with Gasteiger partial charge in [-0.25, -0.2) is 24.5 Å². The Kier molecular flexibility index (Phi) is 8.82. The maximum Gasteiger partial charge on any atom is 0.407 e. The van der Waals surface area contributed by atoms with E-state index in [1.54, 1.807) is 40.7 Å². The van der Waals surface area contributed by atoms with Crippen LogP contribution in [-0.2, 0) is 9.47 Å². The summed E-state index contributed by atoms with van der Waals surface area (Å²) in [4.78, 5) is 40.2. The van der Waals surface area contributed by atoms with Crippen LogP contribution in [0.2, 0.25) is 10.2 Å². The van der Waals surface area contributed by atoms with E-state index >= 15 is 0 Å². The van der Waals surface area contributed by atoms with Gasteiger partial charge in [-0.2, -0.15) is 5.26 Å². The Morgan fingerprint density at radius 3 is 2.51 bits per heavy atom. The van der Waals surface area contributed by atoms with Gasteiger partial charge >= 0.3 is 12.1 Å². The summed E-state index contributed by atoms with van der Waals surface area (Å²) in [6, 6.07) is 4.01. The van der Waals surface area contributed by atoms with E-state index in [1.807, 2.05) is 4.90 Å². The van der Waals surface area contributed by atoms with Gasteiger partial charge in [-0.3, -0.25) is 0 Å². The van der Waals surface area contributed by atoms with Crippen LogP contribution in [0.15, 0.2) is 12.3 Å². The number of amides is 1. The first-order valence-electron chi connectivity index (χ1n) is 11.9. The van der Waals surface area contributed by atoms with Crippen molar-refractivity contribution in [3.63, 3.8) is 0 Å². The van der Waals surface area contributed by atoms with Gasteiger partial charge in [0.2, 0.25) is 0 Å². The molecule has 1 aliphatic heterocycles. The normalized spacial score (nSPS) is 15.0. The summed E-state index contributed by atoms with van der Waals surface area (Å²) in [6.07, 6.45) is 1.81. The average Bonchev–Trinajstić information content (AvgIpc) is 2.84. The molecule has 1 aliphatic rings. The number of anilines is 1. The smallest absolute Gasteiger partial charge is 0.407 e. The number of halogens is 2. The van der Waals surface area contributed by atoms with Gasteiger partial charge in [-0.15, -0.1) is 0 Å². The molecule has 0 aromatic carbocycles. The largest absolute Gasteiger partial charge is 0.461 e. The molecule has 0 saturated carbocycles. The summed E-state index contributed by atoms with van der Waals surface area (Å²) in [7, 11) is 0. The van der Waals surface area contributed by atoms with Gasteiger partial charge in [-0.1, -0.05) is 23.2 Å². The molecule has 1 fully saturated rings. The number of alkyl carbamates (subject to hydrolysis) is 1. The Bertz CT molecular complexity index is 1220. The van der Waals surface area contributed by atoms with E-state index < -0.39 is 23.1 Å². The van der Waals surface area contributed by atoms with Gasteiger partial charge in [0.25, 0.3) is 0 Å². The molecule has 3 rings (SSSR count). The summed E-state index contributed by atoms with van der Waals surface area (Å²) >= 11 is 12.4. The van der Waals surface area contributed by atoms with Crippen molar-refractivity contribution in [3.05, 3.63) is 33.8 Å². The molecule has 1 saturated heterocycles. The Balaban J connectivity index is 1.87. The molecule has 0 bridgehead atoms. The van der Waals surface area contributed by atoms with Gasteiger partial charge in [-0.05, 0) is 53.5 Å². The Hall–Kier alpha value is -3.16. The average molecular weight is 549 g/mol. The molecule has 1 N–H and O–H groups in total. The standard InChI is InChI=1S/C25H30Cl2N6O4/c1-6-36-22(34)19-21(31-15(2)18(32-19)16-7-10-29-20(27)17(16)26)33-11-8-25(13-28,9-12-33)14-30-23(35)37-24(3,4)5/h7,10H,6,8-9,11-12,14H2,1-5H3,(H,30,35). The molecule has 10 nitrogen and oxygen atoms in total. The van der Waals surface area contributed by atoms with Gasteiger partial charge in [0.05, 0.1) is 34.5 Å². The van der Waals surface area contributed by atoms with E-state index in [-0.39, 0.29) is 29.0 Å². The Labute approximate surface area is 226 Å². The maximum absolute atomic E-state index is 12.9. The zero-order valence-corrected chi connectivity index (χ0v) is 23.0. The van der Waals surface area contributed by atoms with Crippen molar-refractivity contribution in [2.45, 2.75) is 53.1 Å². The van der Waals surface area contributed by atoms with Crippen molar-refractivity contribution in [2.24, 2.45) is 5.41 Å². The molecule has 2 aromatic heterocycles. The van der Waals surface area contributed by atoms with Crippen LogP contribution in [0, 0.1) is 23.7 Å².